The van der Waals surface area contributed by atoms with Crippen LogP contribution < -0.4 is 11.1 Å². The fourth-order valence-electron chi connectivity index (χ4n) is 1.39. The van der Waals surface area contributed by atoms with Crippen LogP contribution in [0.25, 0.3) is 0 Å². The van der Waals surface area contributed by atoms with Gasteiger partial charge in [0.05, 0.1) is 12.1 Å². The number of nitrogens with one attached hydrogen (secondary N) is 1. The Hall–Kier alpha value is -1.53. The van der Waals surface area contributed by atoms with Crippen molar-refractivity contribution in [1.29, 1.82) is 0 Å². The van der Waals surface area contributed by atoms with Gasteiger partial charge in [0.25, 0.3) is 0 Å². The Bertz CT molecular complexity index is 536. The van der Waals surface area contributed by atoms with Gasteiger partial charge in [-0.15, -0.1) is 11.3 Å². The van der Waals surface area contributed by atoms with Crippen LogP contribution in [0.1, 0.15) is 15.4 Å². The number of nitrogens with two attached hydrogens (primary N) is 1. The normalized spacial score (nSPS) is 10.2. The number of thiocarbonyl (C=S) groups is 1. The lowest BCUT2D eigenvalue weighted by atomic mass is 10.2. The van der Waals surface area contributed by atoms with Gasteiger partial charge in [-0.05, 0) is 19.1 Å². The first kappa shape index (κ1) is 11.9. The summed E-state index contributed by atoms with van der Waals surface area (Å²) in [7, 11) is 0. The molecule has 0 atom stereocenters. The van der Waals surface area contributed by atoms with Crippen LogP contribution in [0.5, 0.6) is 0 Å². The molecule has 0 radical (unpaired) electrons. The zero-order valence-corrected chi connectivity index (χ0v) is 10.9. The number of rotatable bonds is 4. The Labute approximate surface area is 109 Å². The van der Waals surface area contributed by atoms with Crippen LogP contribution in [0.3, 0.4) is 0 Å². The van der Waals surface area contributed by atoms with Gasteiger partial charge in [-0.3, -0.25) is 0 Å². The third-order valence-corrected chi connectivity index (χ3v) is 3.28. The molecular weight excluding hydrogens is 252 g/mol. The molecule has 0 bridgehead atoms. The monoisotopic (exact) mass is 264 g/mol. The van der Waals surface area contributed by atoms with Crippen LogP contribution in [0.2, 0.25) is 0 Å². The molecule has 0 aliphatic carbocycles. The second kappa shape index (κ2) is 5.20. The highest BCUT2D eigenvalue weighted by atomic mass is 32.1. The molecule has 88 valence electrons. The van der Waals surface area contributed by atoms with Crippen molar-refractivity contribution in [2.75, 3.05) is 5.32 Å². The lowest BCUT2D eigenvalue weighted by molar-refractivity contribution is 1.07. The Kier molecular flexibility index (Phi) is 3.65. The van der Waals surface area contributed by atoms with E-state index < -0.39 is 0 Å². The minimum atomic E-state index is 0.343. The van der Waals surface area contributed by atoms with Gasteiger partial charge < -0.3 is 11.1 Å². The number of hydrogen-bond acceptors (Lipinski definition) is 5. The molecule has 0 spiro atoms. The Balaban J connectivity index is 2.11. The highest BCUT2D eigenvalue weighted by Gasteiger charge is 2.06. The highest BCUT2D eigenvalue weighted by Crippen LogP contribution is 2.15. The largest absolute Gasteiger partial charge is 0.389 e. The lowest BCUT2D eigenvalue weighted by Crippen LogP contribution is -2.14. The molecule has 0 saturated heterocycles. The number of aromatic nitrogens is 2. The van der Waals surface area contributed by atoms with Crippen molar-refractivity contribution >= 4 is 34.4 Å². The SMILES string of the molecule is Cc1cnc(CNc2ncccc2C(N)=S)s1. The number of hydrogen-bond donors (Lipinski definition) is 2. The maximum atomic E-state index is 5.63. The molecule has 0 aromatic carbocycles. The van der Waals surface area contributed by atoms with Gasteiger partial charge in [0, 0.05) is 17.3 Å². The average molecular weight is 264 g/mol. The quantitative estimate of drug-likeness (QED) is 0.828. The molecule has 0 unspecified atom stereocenters. The van der Waals surface area contributed by atoms with Gasteiger partial charge in [-0.25, -0.2) is 9.97 Å². The van der Waals surface area contributed by atoms with Gasteiger partial charge in [0.2, 0.25) is 0 Å². The molecule has 4 nitrogen and oxygen atoms in total. The summed E-state index contributed by atoms with van der Waals surface area (Å²) < 4.78 is 0. The van der Waals surface area contributed by atoms with Crippen molar-refractivity contribution in [3.05, 3.63) is 40.0 Å². The van der Waals surface area contributed by atoms with E-state index in [1.165, 1.54) is 4.88 Å². The van der Waals surface area contributed by atoms with E-state index in [0.717, 1.165) is 10.6 Å². The summed E-state index contributed by atoms with van der Waals surface area (Å²) in [6.07, 6.45) is 3.56. The summed E-state index contributed by atoms with van der Waals surface area (Å²) >= 11 is 6.63. The average Bonchev–Trinajstić information content (AvgIpc) is 2.73. The maximum absolute atomic E-state index is 5.63. The molecule has 3 N–H and O–H groups in total. The number of pyridine rings is 1. The summed E-state index contributed by atoms with van der Waals surface area (Å²) in [4.78, 5) is 10.0. The third-order valence-electron chi connectivity index (χ3n) is 2.15. The van der Waals surface area contributed by atoms with Crippen LogP contribution in [-0.2, 0) is 6.54 Å². The maximum Gasteiger partial charge on any atom is 0.136 e. The van der Waals surface area contributed by atoms with Crippen LogP contribution in [0.4, 0.5) is 5.82 Å². The fourth-order valence-corrected chi connectivity index (χ4v) is 2.28. The standard InChI is InChI=1S/C11H12N4S2/c1-7-5-14-9(17-7)6-15-11-8(10(12)16)3-2-4-13-11/h2-5H,6H2,1H3,(H2,12,16)(H,13,15). The van der Waals surface area contributed by atoms with Crippen LogP contribution in [-0.4, -0.2) is 15.0 Å². The van der Waals surface area contributed by atoms with E-state index in [2.05, 4.69) is 15.3 Å². The first-order chi connectivity index (χ1) is 8.16. The first-order valence-electron chi connectivity index (χ1n) is 5.07. The van der Waals surface area contributed by atoms with E-state index in [4.69, 9.17) is 18.0 Å². The molecule has 2 rings (SSSR count). The van der Waals surface area contributed by atoms with Crippen molar-refractivity contribution in [3.8, 4) is 0 Å². The summed E-state index contributed by atoms with van der Waals surface area (Å²) in [6.45, 7) is 2.66. The molecule has 17 heavy (non-hydrogen) atoms. The molecule has 2 aromatic rings. The smallest absolute Gasteiger partial charge is 0.136 e. The number of anilines is 1. The summed E-state index contributed by atoms with van der Waals surface area (Å²) in [6, 6.07) is 3.66. The predicted octanol–water partition coefficient (Wildman–Crippen LogP) is 2.09. The third kappa shape index (κ3) is 2.98. The molecule has 0 aliphatic rings. The lowest BCUT2D eigenvalue weighted by Gasteiger charge is -2.07. The van der Waals surface area contributed by atoms with Gasteiger partial charge in [-0.2, -0.15) is 0 Å². The molecule has 0 fully saturated rings. The van der Waals surface area contributed by atoms with Gasteiger partial charge in [-0.1, -0.05) is 12.2 Å². The van der Waals surface area contributed by atoms with E-state index in [-0.39, 0.29) is 0 Å². The Morgan fingerprint density at radius 2 is 2.35 bits per heavy atom. The zero-order chi connectivity index (χ0) is 12.3. The number of thiazole rings is 1. The van der Waals surface area contributed by atoms with Crippen molar-refractivity contribution < 1.29 is 0 Å². The molecular formula is C11H12N4S2. The topological polar surface area (TPSA) is 63.8 Å². The fraction of sp³-hybridized carbons (Fsp3) is 0.182. The van der Waals surface area contributed by atoms with Crippen LogP contribution in [0, 0.1) is 6.92 Å². The van der Waals surface area contributed by atoms with Gasteiger partial charge in [0.1, 0.15) is 15.8 Å². The van der Waals surface area contributed by atoms with E-state index >= 15 is 0 Å². The molecule has 0 amide bonds. The van der Waals surface area contributed by atoms with E-state index in [0.29, 0.717) is 17.4 Å². The second-order valence-corrected chi connectivity index (χ2v) is 5.24. The predicted molar refractivity (Wildman–Crippen MR) is 74.3 cm³/mol. The van der Waals surface area contributed by atoms with Crippen molar-refractivity contribution in [2.45, 2.75) is 13.5 Å². The molecule has 0 saturated carbocycles. The second-order valence-electron chi connectivity index (χ2n) is 3.48. The van der Waals surface area contributed by atoms with Gasteiger partial charge >= 0.3 is 0 Å². The summed E-state index contributed by atoms with van der Waals surface area (Å²) in [5.41, 5.74) is 6.39. The van der Waals surface area contributed by atoms with Gasteiger partial charge in [0.15, 0.2) is 0 Å². The van der Waals surface area contributed by atoms with Crippen molar-refractivity contribution in [3.63, 3.8) is 0 Å². The summed E-state index contributed by atoms with van der Waals surface area (Å²) in [5.74, 6) is 0.702. The number of aryl methyl sites for hydroxylation is 1. The van der Waals surface area contributed by atoms with Crippen molar-refractivity contribution in [2.24, 2.45) is 5.73 Å². The molecule has 2 heterocycles. The molecule has 6 heteroatoms. The molecule has 2 aromatic heterocycles. The van der Waals surface area contributed by atoms with Crippen molar-refractivity contribution in [1.82, 2.24) is 9.97 Å². The molecule has 0 aliphatic heterocycles. The van der Waals surface area contributed by atoms with Crippen LogP contribution in [0.15, 0.2) is 24.5 Å². The highest BCUT2D eigenvalue weighted by molar-refractivity contribution is 7.80. The summed E-state index contributed by atoms with van der Waals surface area (Å²) in [5, 5.41) is 4.21. The zero-order valence-electron chi connectivity index (χ0n) is 9.30. The Morgan fingerprint density at radius 3 is 3.00 bits per heavy atom. The van der Waals surface area contributed by atoms with Crippen LogP contribution >= 0.6 is 23.6 Å². The van der Waals surface area contributed by atoms with E-state index in [9.17, 15) is 0 Å². The van der Waals surface area contributed by atoms with E-state index in [1.807, 2.05) is 25.3 Å². The Morgan fingerprint density at radius 1 is 1.53 bits per heavy atom. The first-order valence-corrected chi connectivity index (χ1v) is 6.29. The minimum absolute atomic E-state index is 0.343. The minimum Gasteiger partial charge on any atom is -0.389 e. The van der Waals surface area contributed by atoms with E-state index in [1.54, 1.807) is 17.5 Å². The number of nitrogens with zero attached hydrogens (tertiary/aromatic N) is 2.